The molecule has 5 N–H and O–H groups in total. The first-order valence-electron chi connectivity index (χ1n) is 41.0. The van der Waals surface area contributed by atoms with Crippen molar-refractivity contribution in [3.63, 3.8) is 0 Å². The van der Waals surface area contributed by atoms with E-state index in [9.17, 15) is 71.9 Å². The van der Waals surface area contributed by atoms with E-state index >= 15 is 0 Å². The van der Waals surface area contributed by atoms with Gasteiger partial charge in [0.1, 0.15) is 56.3 Å². The van der Waals surface area contributed by atoms with Crippen LogP contribution in [-0.4, -0.2) is 270 Å². The molecule has 8 unspecified atom stereocenters. The molecule has 674 valence electrons. The second kappa shape index (κ2) is 52.0. The number of amides is 6. The first-order valence-corrected chi connectivity index (χ1v) is 41.0. The summed E-state index contributed by atoms with van der Waals surface area (Å²) < 4.78 is 85.9. The van der Waals surface area contributed by atoms with E-state index in [1.165, 1.54) is 27.7 Å². The minimum Gasteiger partial charge on any atom is -0.463 e. The van der Waals surface area contributed by atoms with Crippen molar-refractivity contribution >= 4 is 89.2 Å². The number of nitrogens with one attached hydrogen (secondary N) is 5. The Hall–Kier alpha value is -10.6. The molecule has 0 radical (unpaired) electrons. The van der Waals surface area contributed by atoms with Gasteiger partial charge >= 0.3 is 53.7 Å². The minimum atomic E-state index is -1.36. The van der Waals surface area contributed by atoms with Gasteiger partial charge in [0.15, 0.2) is 55.5 Å². The first kappa shape index (κ1) is 100. The van der Waals surface area contributed by atoms with Crippen LogP contribution in [0, 0.1) is 0 Å². The number of ether oxygens (including phenoxy) is 15. The zero-order valence-corrected chi connectivity index (χ0v) is 71.4. The van der Waals surface area contributed by atoms with Gasteiger partial charge in [0.05, 0.1) is 5.54 Å². The maximum atomic E-state index is 14.9. The molecule has 3 aromatic carbocycles. The quantitative estimate of drug-likeness (QED) is 0.0230. The lowest BCUT2D eigenvalue weighted by molar-refractivity contribution is -0.277. The summed E-state index contributed by atoms with van der Waals surface area (Å²) in [6.45, 7) is 14.2. The predicted molar refractivity (Wildman–Crippen MR) is 429 cm³/mol. The van der Waals surface area contributed by atoms with Crippen molar-refractivity contribution in [2.75, 3.05) is 78.9 Å². The van der Waals surface area contributed by atoms with Gasteiger partial charge in [-0.15, -0.1) is 0 Å². The molecule has 0 bridgehead atoms. The van der Waals surface area contributed by atoms with Crippen LogP contribution in [0.15, 0.2) is 91.0 Å². The van der Waals surface area contributed by atoms with Crippen LogP contribution >= 0.6 is 0 Å². The van der Waals surface area contributed by atoms with Gasteiger partial charge in [-0.2, -0.15) is 0 Å². The maximum Gasteiger partial charge on any atom is 0.303 e. The number of unbranched alkanes of at least 4 members (excludes halogenated alkanes) is 3. The van der Waals surface area contributed by atoms with Gasteiger partial charge in [0, 0.05) is 161 Å². The van der Waals surface area contributed by atoms with Crippen LogP contribution in [0.2, 0.25) is 0 Å². The van der Waals surface area contributed by atoms with E-state index in [0.29, 0.717) is 58.0 Å². The van der Waals surface area contributed by atoms with E-state index in [-0.39, 0.29) is 95.8 Å². The Labute approximate surface area is 709 Å². The predicted octanol–water partition coefficient (Wildman–Crippen LogP) is 4.04. The monoisotopic (exact) mass is 1720 g/mol. The number of nitrogens with zero attached hydrogens (tertiary/aromatic N) is 2. The molecule has 6 amide bonds. The van der Waals surface area contributed by atoms with Crippen molar-refractivity contribution in [2.45, 2.75) is 258 Å². The van der Waals surface area contributed by atoms with Crippen molar-refractivity contribution in [1.82, 2.24) is 36.4 Å². The number of hydrogen-bond acceptors (Lipinski definition) is 31. The molecule has 0 spiro atoms. The fraction of sp³-hybridized carbons (Fsp3) is 0.612. The molecule has 3 aromatic rings. The van der Waals surface area contributed by atoms with Crippen LogP contribution in [0.25, 0.3) is 0 Å². The molecule has 37 heteroatoms. The lowest BCUT2D eigenvalue weighted by atomic mass is 9.75. The molecule has 0 saturated carbocycles. The molecule has 3 fully saturated rings. The van der Waals surface area contributed by atoms with Crippen molar-refractivity contribution < 1.29 is 143 Å². The topological polar surface area (TPSA) is 461 Å². The molecule has 6 rings (SSSR count). The number of hydrogen-bond donors (Lipinski definition) is 5. The lowest BCUT2D eigenvalue weighted by Gasteiger charge is -2.46. The van der Waals surface area contributed by atoms with Crippen molar-refractivity contribution in [2.24, 2.45) is 0 Å². The average molecular weight is 1720 g/mol. The Morgan fingerprint density at radius 1 is 0.328 bits per heavy atom. The van der Waals surface area contributed by atoms with Gasteiger partial charge in [0.25, 0.3) is 0 Å². The van der Waals surface area contributed by atoms with Crippen LogP contribution in [0.4, 0.5) is 0 Å². The highest BCUT2D eigenvalue weighted by molar-refractivity contribution is 5.78. The summed E-state index contributed by atoms with van der Waals surface area (Å²) in [5.74, 6) is -9.09. The summed E-state index contributed by atoms with van der Waals surface area (Å²) in [6, 6.07) is 26.4. The molecule has 0 aliphatic carbocycles. The minimum absolute atomic E-state index is 0.00454. The zero-order valence-electron chi connectivity index (χ0n) is 71.4. The van der Waals surface area contributed by atoms with E-state index in [0.717, 1.165) is 72.1 Å². The molecular formula is C85H119N7O30. The fourth-order valence-electron chi connectivity index (χ4n) is 14.7. The van der Waals surface area contributed by atoms with Gasteiger partial charge in [-0.05, 0) is 74.5 Å². The second-order valence-corrected chi connectivity index (χ2v) is 29.6. The summed E-state index contributed by atoms with van der Waals surface area (Å²) in [5.41, 5.74) is 1.86. The molecular weight excluding hydrogens is 1600 g/mol. The number of carbonyl (C=O) groups excluding carboxylic acids is 15. The lowest BCUT2D eigenvalue weighted by Crippen LogP contribution is -2.66. The van der Waals surface area contributed by atoms with E-state index in [4.69, 9.17) is 71.1 Å². The number of carbonyl (C=O) groups is 15. The fourth-order valence-corrected chi connectivity index (χ4v) is 14.7. The van der Waals surface area contributed by atoms with Gasteiger partial charge in [-0.25, -0.2) is 0 Å². The Kier molecular flexibility index (Phi) is 42.7. The molecule has 3 heterocycles. The standard InChI is InChI=1S/C85H119N7O30/c1-52(93)88-73-79(117-61(10)102)76(114-58(7)99)67(49-111-55(4)96)120-82(73)108-46-25-22-37-70(105)86-40-28-42-91(72(107)39-24-27-48-110-84-75(90-54(3)95)81(119-63(12)104)78(116-60(9)101)69(122-84)51-113-57(6)98)43-30-45-92(85(64-31-16-13-17-32-64,65-33-18-14-19-34-65)66-35-20-15-21-36-66)44-29-41-87-71(106)38-23-26-47-109-83-74(89-53(2)94)80(118-62(11)103)77(115-59(8)100)68(121-83)50-112-56(5)97/h13-21,31-36,67-69,73-84H,22-30,37-51H2,1-12H3,(H,86,105)(H,87,106)(H,88,93)(H,89,94)(H,90,95)/t67?,68?,69?,73-,74?,75?,76-,77-,78-,79?,80?,81?,82+,83+,84+/m0/s1. The summed E-state index contributed by atoms with van der Waals surface area (Å²) in [6.07, 6.45) is -12.4. The Morgan fingerprint density at radius 3 is 0.902 bits per heavy atom. The molecule has 15 atom stereocenters. The van der Waals surface area contributed by atoms with Crippen LogP contribution < -0.4 is 26.6 Å². The highest BCUT2D eigenvalue weighted by Crippen LogP contribution is 2.43. The molecule has 0 aromatic heterocycles. The second-order valence-electron chi connectivity index (χ2n) is 29.6. The van der Waals surface area contributed by atoms with E-state index in [2.05, 4.69) is 67.9 Å². The normalized spacial score (nSPS) is 22.4. The van der Waals surface area contributed by atoms with Crippen molar-refractivity contribution in [3.8, 4) is 0 Å². The smallest absolute Gasteiger partial charge is 0.303 e. The summed E-state index contributed by atoms with van der Waals surface area (Å²) >= 11 is 0. The van der Waals surface area contributed by atoms with E-state index in [1.54, 1.807) is 4.90 Å². The Morgan fingerprint density at radius 2 is 0.607 bits per heavy atom. The number of rotatable bonds is 49. The molecule has 122 heavy (non-hydrogen) atoms. The van der Waals surface area contributed by atoms with Crippen molar-refractivity contribution in [3.05, 3.63) is 108 Å². The summed E-state index contributed by atoms with van der Waals surface area (Å²) in [5, 5.41) is 14.1. The van der Waals surface area contributed by atoms with Crippen LogP contribution in [0.3, 0.4) is 0 Å². The van der Waals surface area contributed by atoms with Gasteiger partial charge in [-0.1, -0.05) is 91.0 Å². The number of esters is 9. The SMILES string of the molecule is CC(=O)NC1C(OC(C)=O)[C@@H](OC(C)=O)C(COC(C)=O)O[C@H]1OCCCCC(=O)NCCCN(CCCN(CCCNC(=O)CCCCO[C@@H]1OC(COC(C)=O)[C@H](OC(C)=O)C(OC(C)=O)[C@@H]1NC(C)=O)C(=O)CCCCO[C@@H]1OC(COC(C)=O)[C@H](OC(C)=O)C(OC(C)=O)C1NC(C)=O)C(c1ccccc1)(c1ccccc1)c1ccccc1. The summed E-state index contributed by atoms with van der Waals surface area (Å²) in [7, 11) is 0. The Balaban J connectivity index is 1.20. The Bertz CT molecular complexity index is 3820. The highest BCUT2D eigenvalue weighted by atomic mass is 16.7. The van der Waals surface area contributed by atoms with Crippen molar-refractivity contribution in [1.29, 1.82) is 0 Å². The number of benzene rings is 3. The third-order valence-corrected chi connectivity index (χ3v) is 19.6. The van der Waals surface area contributed by atoms with Crippen LogP contribution in [-0.2, 0) is 149 Å². The molecule has 3 aliphatic heterocycles. The van der Waals surface area contributed by atoms with E-state index in [1.807, 2.05) is 54.6 Å². The maximum absolute atomic E-state index is 14.9. The molecule has 3 saturated heterocycles. The van der Waals surface area contributed by atoms with E-state index < -0.39 is 189 Å². The van der Waals surface area contributed by atoms with Gasteiger partial charge < -0.3 is 103 Å². The zero-order chi connectivity index (χ0) is 89.4. The average Bonchev–Trinajstić information content (AvgIpc) is 0.737. The van der Waals surface area contributed by atoms with Gasteiger partial charge in [0.2, 0.25) is 35.4 Å². The largest absolute Gasteiger partial charge is 0.463 e. The van der Waals surface area contributed by atoms with Gasteiger partial charge in [-0.3, -0.25) is 76.8 Å². The molecule has 37 nitrogen and oxygen atoms in total. The third-order valence-electron chi connectivity index (χ3n) is 19.6. The van der Waals surface area contributed by atoms with Crippen LogP contribution in [0.1, 0.15) is 177 Å². The third kappa shape index (κ3) is 33.3. The van der Waals surface area contributed by atoms with Crippen LogP contribution in [0.5, 0.6) is 0 Å². The highest BCUT2D eigenvalue weighted by Gasteiger charge is 2.55. The first-order chi connectivity index (χ1) is 58.2. The molecule has 3 aliphatic rings. The summed E-state index contributed by atoms with van der Waals surface area (Å²) in [4.78, 5) is 194.